The fraction of sp³-hybridized carbons (Fsp3) is 1.00. The van der Waals surface area contributed by atoms with Gasteiger partial charge in [0.25, 0.3) is 0 Å². The Morgan fingerprint density at radius 1 is 1.50 bits per heavy atom. The van der Waals surface area contributed by atoms with Crippen LogP contribution in [0.15, 0.2) is 0 Å². The Hall–Kier alpha value is -0.170. The van der Waals surface area contributed by atoms with Crippen molar-refractivity contribution in [2.45, 2.75) is 11.4 Å². The molecule has 5 nitrogen and oxygen atoms in total. The van der Waals surface area contributed by atoms with E-state index in [0.29, 0.717) is 6.61 Å². The molecule has 12 heavy (non-hydrogen) atoms. The van der Waals surface area contributed by atoms with Crippen molar-refractivity contribution < 1.29 is 17.9 Å². The van der Waals surface area contributed by atoms with E-state index in [2.05, 4.69) is 4.72 Å². The first-order valence-electron chi connectivity index (χ1n) is 3.64. The van der Waals surface area contributed by atoms with Gasteiger partial charge in [0.1, 0.15) is 11.4 Å². The second kappa shape index (κ2) is 3.69. The zero-order chi connectivity index (χ0) is 9.19. The molecule has 0 radical (unpaired) electrons. The summed E-state index contributed by atoms with van der Waals surface area (Å²) in [6, 6.07) is 0. The maximum absolute atomic E-state index is 11.3. The monoisotopic (exact) mass is 195 g/mol. The maximum atomic E-state index is 11.3. The van der Waals surface area contributed by atoms with Gasteiger partial charge in [0.15, 0.2) is 0 Å². The van der Waals surface area contributed by atoms with Crippen LogP contribution in [0.4, 0.5) is 0 Å². The molecule has 1 aliphatic heterocycles. The van der Waals surface area contributed by atoms with Crippen LogP contribution in [0.2, 0.25) is 0 Å². The third-order valence-corrected chi connectivity index (χ3v) is 3.77. The number of hydrogen-bond acceptors (Lipinski definition) is 4. The Morgan fingerprint density at radius 3 is 2.67 bits per heavy atom. The predicted molar refractivity (Wildman–Crippen MR) is 43.4 cm³/mol. The summed E-state index contributed by atoms with van der Waals surface area (Å²) in [7, 11) is -0.386. The Morgan fingerprint density at radius 2 is 2.17 bits per heavy atom. The van der Waals surface area contributed by atoms with Gasteiger partial charge in [-0.2, -0.15) is 0 Å². The lowest BCUT2D eigenvalue weighted by molar-refractivity contribution is 0.0828. The second-order valence-electron chi connectivity index (χ2n) is 2.60. The Bertz CT molecular complexity index is 238. The molecule has 0 amide bonds. The molecule has 1 aliphatic rings. The minimum Gasteiger partial charge on any atom is -0.378 e. The highest BCUT2D eigenvalue weighted by atomic mass is 32.2. The zero-order valence-corrected chi connectivity index (χ0v) is 7.93. The lowest BCUT2D eigenvalue weighted by atomic mass is 10.3. The van der Waals surface area contributed by atoms with Gasteiger partial charge < -0.3 is 9.47 Å². The first-order chi connectivity index (χ1) is 5.61. The first kappa shape index (κ1) is 9.91. The van der Waals surface area contributed by atoms with Crippen molar-refractivity contribution in [2.75, 3.05) is 27.4 Å². The molecule has 0 aliphatic carbocycles. The number of sulfonamides is 1. The number of hydrogen-bond donors (Lipinski definition) is 1. The first-order valence-corrected chi connectivity index (χ1v) is 5.19. The minimum atomic E-state index is -3.26. The molecule has 1 fully saturated rings. The van der Waals surface area contributed by atoms with Crippen molar-refractivity contribution >= 4 is 10.0 Å². The van der Waals surface area contributed by atoms with Crippen LogP contribution in [0.3, 0.4) is 0 Å². The Balaban J connectivity index is 2.74. The highest BCUT2D eigenvalue weighted by Crippen LogP contribution is 2.15. The van der Waals surface area contributed by atoms with Crippen LogP contribution in [-0.4, -0.2) is 47.1 Å². The summed E-state index contributed by atoms with van der Waals surface area (Å²) in [6.45, 7) is 0.559. The molecule has 1 rings (SSSR count). The van der Waals surface area contributed by atoms with Crippen molar-refractivity contribution in [3.05, 3.63) is 0 Å². The zero-order valence-electron chi connectivity index (χ0n) is 7.11. The van der Waals surface area contributed by atoms with Crippen molar-refractivity contribution in [1.29, 1.82) is 0 Å². The molecule has 1 heterocycles. The van der Waals surface area contributed by atoms with E-state index in [0.717, 1.165) is 0 Å². The van der Waals surface area contributed by atoms with Crippen molar-refractivity contribution in [1.82, 2.24) is 4.72 Å². The van der Waals surface area contributed by atoms with Gasteiger partial charge in [-0.25, -0.2) is 13.1 Å². The summed E-state index contributed by atoms with van der Waals surface area (Å²) in [5.41, 5.74) is 0. The molecule has 0 aromatic heterocycles. The number of rotatable bonds is 3. The molecule has 2 atom stereocenters. The van der Waals surface area contributed by atoms with E-state index < -0.39 is 15.3 Å². The molecule has 72 valence electrons. The molecule has 0 spiro atoms. The van der Waals surface area contributed by atoms with Crippen LogP contribution in [0.1, 0.15) is 0 Å². The van der Waals surface area contributed by atoms with Crippen LogP contribution in [-0.2, 0) is 19.5 Å². The van der Waals surface area contributed by atoms with E-state index >= 15 is 0 Å². The predicted octanol–water partition coefficient (Wildman–Crippen LogP) is -1.05. The average molecular weight is 195 g/mol. The quantitative estimate of drug-likeness (QED) is 0.624. The maximum Gasteiger partial charge on any atom is 0.219 e. The summed E-state index contributed by atoms with van der Waals surface area (Å²) in [4.78, 5) is 0. The SMILES string of the molecule is CNS(=O)(=O)[C@@H]1COC[C@@H]1OC. The molecule has 0 aromatic rings. The summed E-state index contributed by atoms with van der Waals surface area (Å²) in [5.74, 6) is 0. The van der Waals surface area contributed by atoms with Crippen LogP contribution < -0.4 is 4.72 Å². The van der Waals surface area contributed by atoms with Gasteiger partial charge in [-0.1, -0.05) is 0 Å². The Kier molecular flexibility index (Phi) is 3.05. The van der Waals surface area contributed by atoms with E-state index in [1.165, 1.54) is 14.2 Å². The van der Waals surface area contributed by atoms with Crippen molar-refractivity contribution in [3.63, 3.8) is 0 Å². The normalized spacial score (nSPS) is 30.8. The summed E-state index contributed by atoms with van der Waals surface area (Å²) < 4.78 is 34.8. The van der Waals surface area contributed by atoms with Gasteiger partial charge in [-0.05, 0) is 7.05 Å². The van der Waals surface area contributed by atoms with Crippen LogP contribution in [0.5, 0.6) is 0 Å². The van der Waals surface area contributed by atoms with E-state index in [1.807, 2.05) is 0 Å². The van der Waals surface area contributed by atoms with Crippen molar-refractivity contribution in [2.24, 2.45) is 0 Å². The van der Waals surface area contributed by atoms with Crippen LogP contribution in [0, 0.1) is 0 Å². The lowest BCUT2D eigenvalue weighted by Gasteiger charge is -2.15. The van der Waals surface area contributed by atoms with Gasteiger partial charge in [-0.3, -0.25) is 0 Å². The van der Waals surface area contributed by atoms with Gasteiger partial charge in [-0.15, -0.1) is 0 Å². The van der Waals surface area contributed by atoms with Gasteiger partial charge in [0.05, 0.1) is 13.2 Å². The molecule has 6 heteroatoms. The summed E-state index contributed by atoms with van der Waals surface area (Å²) in [6.07, 6.45) is -0.345. The minimum absolute atomic E-state index is 0.210. The molecular weight excluding hydrogens is 182 g/mol. The molecule has 0 saturated carbocycles. The molecule has 1 saturated heterocycles. The standard InChI is InChI=1S/C6H13NO4S/c1-7-12(8,9)6-4-11-3-5(6)10-2/h5-7H,3-4H2,1-2H3/t5-,6+/m0/s1. The van der Waals surface area contributed by atoms with E-state index in [-0.39, 0.29) is 12.7 Å². The molecule has 0 aromatic carbocycles. The highest BCUT2D eigenvalue weighted by Gasteiger charge is 2.37. The third-order valence-electron chi connectivity index (χ3n) is 1.96. The molecular formula is C6H13NO4S. The topological polar surface area (TPSA) is 64.6 Å². The largest absolute Gasteiger partial charge is 0.378 e. The average Bonchev–Trinajstić information content (AvgIpc) is 2.52. The second-order valence-corrected chi connectivity index (χ2v) is 4.70. The summed E-state index contributed by atoms with van der Waals surface area (Å²) >= 11 is 0. The highest BCUT2D eigenvalue weighted by molar-refractivity contribution is 7.90. The molecule has 0 unspecified atom stereocenters. The van der Waals surface area contributed by atoms with Crippen LogP contribution in [0.25, 0.3) is 0 Å². The van der Waals surface area contributed by atoms with Crippen molar-refractivity contribution in [3.8, 4) is 0 Å². The number of methoxy groups -OCH3 is 1. The summed E-state index contributed by atoms with van der Waals surface area (Å²) in [5, 5.41) is -0.576. The van der Waals surface area contributed by atoms with Gasteiger partial charge in [0.2, 0.25) is 10.0 Å². The van der Waals surface area contributed by atoms with Gasteiger partial charge >= 0.3 is 0 Å². The fourth-order valence-electron chi connectivity index (χ4n) is 1.18. The third kappa shape index (κ3) is 1.77. The Labute approximate surface area is 72.1 Å². The molecule has 0 bridgehead atoms. The smallest absolute Gasteiger partial charge is 0.219 e. The fourth-order valence-corrected chi connectivity index (χ4v) is 2.34. The number of ether oxygens (including phenoxy) is 2. The van der Waals surface area contributed by atoms with E-state index in [1.54, 1.807) is 0 Å². The lowest BCUT2D eigenvalue weighted by Crippen LogP contribution is -2.40. The van der Waals surface area contributed by atoms with E-state index in [4.69, 9.17) is 9.47 Å². The van der Waals surface area contributed by atoms with Gasteiger partial charge in [0, 0.05) is 7.11 Å². The number of nitrogens with one attached hydrogen (secondary N) is 1. The van der Waals surface area contributed by atoms with E-state index in [9.17, 15) is 8.42 Å². The van der Waals surface area contributed by atoms with Crippen LogP contribution >= 0.6 is 0 Å². The molecule has 1 N–H and O–H groups in total.